The van der Waals surface area contributed by atoms with Crippen LogP contribution in [0.4, 0.5) is 4.79 Å². The first-order chi connectivity index (χ1) is 18.2. The molecule has 1 aromatic heterocycles. The Morgan fingerprint density at radius 3 is 2.38 bits per heavy atom. The number of carbonyl (C=O) groups excluding carboxylic acids is 3. The summed E-state index contributed by atoms with van der Waals surface area (Å²) >= 11 is 1.52. The minimum Gasteiger partial charge on any atom is -0.457 e. The predicted octanol–water partition coefficient (Wildman–Crippen LogP) is 4.78. The van der Waals surface area contributed by atoms with Crippen molar-refractivity contribution in [3.63, 3.8) is 0 Å². The number of fused-ring (bicyclic) bond motifs is 1. The molecule has 7 atom stereocenters. The summed E-state index contributed by atoms with van der Waals surface area (Å²) in [6, 6.07) is 0. The number of esters is 1. The number of cyclic esters (lactones) is 1. The molecule has 0 radical (unpaired) electrons. The second kappa shape index (κ2) is 12.7. The Kier molecular flexibility index (Phi) is 10.1. The summed E-state index contributed by atoms with van der Waals surface area (Å²) in [7, 11) is 0. The van der Waals surface area contributed by atoms with Gasteiger partial charge in [0.1, 0.15) is 24.1 Å². The molecule has 9 nitrogen and oxygen atoms in total. The van der Waals surface area contributed by atoms with Gasteiger partial charge in [-0.3, -0.25) is 9.59 Å². The van der Waals surface area contributed by atoms with Crippen molar-refractivity contribution < 1.29 is 38.8 Å². The van der Waals surface area contributed by atoms with Gasteiger partial charge >= 0.3 is 12.1 Å². The van der Waals surface area contributed by atoms with Crippen molar-refractivity contribution in [3.8, 4) is 0 Å². The van der Waals surface area contributed by atoms with Gasteiger partial charge in [0.15, 0.2) is 0 Å². The molecule has 2 aliphatic heterocycles. The van der Waals surface area contributed by atoms with Crippen LogP contribution in [0.2, 0.25) is 0 Å². The van der Waals surface area contributed by atoms with Crippen LogP contribution in [0.3, 0.4) is 0 Å². The highest BCUT2D eigenvalue weighted by Gasteiger charge is 2.44. The first-order valence-corrected chi connectivity index (χ1v) is 14.3. The molecule has 3 heterocycles. The van der Waals surface area contributed by atoms with E-state index in [1.807, 2.05) is 38.3 Å². The molecule has 3 rings (SSSR count). The quantitative estimate of drug-likeness (QED) is 0.385. The van der Waals surface area contributed by atoms with E-state index in [4.69, 9.17) is 14.2 Å². The Hall–Kier alpha value is -2.56. The van der Waals surface area contributed by atoms with Crippen LogP contribution < -0.4 is 0 Å². The molecule has 0 aliphatic carbocycles. The highest BCUT2D eigenvalue weighted by molar-refractivity contribution is 7.09. The van der Waals surface area contributed by atoms with Crippen molar-refractivity contribution >= 4 is 35.3 Å². The summed E-state index contributed by atoms with van der Waals surface area (Å²) in [5.74, 6) is -2.22. The number of aliphatic hydroxyl groups is 2. The van der Waals surface area contributed by atoms with Gasteiger partial charge in [-0.2, -0.15) is 0 Å². The van der Waals surface area contributed by atoms with Crippen LogP contribution in [0.15, 0.2) is 22.6 Å². The minimum absolute atomic E-state index is 0.310. The van der Waals surface area contributed by atoms with Crippen molar-refractivity contribution in [1.29, 1.82) is 0 Å². The molecule has 0 spiro atoms. The molecular formula is C29H41NO8S. The van der Waals surface area contributed by atoms with Crippen LogP contribution in [-0.4, -0.2) is 63.6 Å². The average Bonchev–Trinajstić information content (AvgIpc) is 3.42. The van der Waals surface area contributed by atoms with E-state index in [1.165, 1.54) is 11.3 Å². The molecule has 1 fully saturated rings. The van der Waals surface area contributed by atoms with E-state index in [2.05, 4.69) is 4.98 Å². The average molecular weight is 564 g/mol. The van der Waals surface area contributed by atoms with Gasteiger partial charge in [0.2, 0.25) is 0 Å². The predicted molar refractivity (Wildman–Crippen MR) is 147 cm³/mol. The number of ether oxygens (including phenoxy) is 3. The third kappa shape index (κ3) is 7.77. The summed E-state index contributed by atoms with van der Waals surface area (Å²) in [6.45, 7) is 12.2. The Morgan fingerprint density at radius 2 is 1.74 bits per heavy atom. The molecule has 216 valence electrons. The van der Waals surface area contributed by atoms with Gasteiger partial charge in [-0.25, -0.2) is 9.78 Å². The number of ketones is 1. The normalized spacial score (nSPS) is 33.4. The molecule has 39 heavy (non-hydrogen) atoms. The number of rotatable bonds is 2. The van der Waals surface area contributed by atoms with Crippen LogP contribution >= 0.6 is 11.3 Å². The van der Waals surface area contributed by atoms with Crippen molar-refractivity contribution in [2.75, 3.05) is 0 Å². The molecule has 0 aromatic carbocycles. The largest absolute Gasteiger partial charge is 0.509 e. The van der Waals surface area contributed by atoms with E-state index in [0.29, 0.717) is 19.3 Å². The zero-order valence-corrected chi connectivity index (χ0v) is 24.6. The van der Waals surface area contributed by atoms with Crippen molar-refractivity contribution in [2.24, 2.45) is 17.3 Å². The summed E-state index contributed by atoms with van der Waals surface area (Å²) < 4.78 is 16.7. The van der Waals surface area contributed by atoms with E-state index >= 15 is 0 Å². The Balaban J connectivity index is 1.94. The molecule has 1 aromatic rings. The number of aryl methyl sites for hydroxylation is 1. The highest BCUT2D eigenvalue weighted by Crippen LogP contribution is 2.34. The second-order valence-corrected chi connectivity index (χ2v) is 12.6. The van der Waals surface area contributed by atoms with Gasteiger partial charge in [0.25, 0.3) is 0 Å². The van der Waals surface area contributed by atoms with Crippen molar-refractivity contribution in [1.82, 2.24) is 4.98 Å². The van der Waals surface area contributed by atoms with Crippen LogP contribution in [0, 0.1) is 24.2 Å². The summed E-state index contributed by atoms with van der Waals surface area (Å²) in [6.07, 6.45) is -0.348. The van der Waals surface area contributed by atoms with Crippen LogP contribution in [-0.2, 0) is 23.8 Å². The Bertz CT molecular complexity index is 1120. The van der Waals surface area contributed by atoms with E-state index in [9.17, 15) is 24.6 Å². The number of Topliss-reactive ketones (excluding diaryl/α,β-unsaturated/α-hetero) is 1. The van der Waals surface area contributed by atoms with Gasteiger partial charge in [-0.15, -0.1) is 11.3 Å². The van der Waals surface area contributed by atoms with E-state index in [0.717, 1.165) is 21.8 Å². The molecule has 0 bridgehead atoms. The summed E-state index contributed by atoms with van der Waals surface area (Å²) in [5, 5.41) is 24.8. The van der Waals surface area contributed by atoms with Gasteiger partial charge in [0.05, 0.1) is 34.7 Å². The van der Waals surface area contributed by atoms with Crippen molar-refractivity contribution in [2.45, 2.75) is 105 Å². The fourth-order valence-electron chi connectivity index (χ4n) is 5.13. The molecule has 0 amide bonds. The maximum Gasteiger partial charge on any atom is 0.509 e. The molecule has 2 aliphatic rings. The second-order valence-electron chi connectivity index (χ2n) is 11.5. The number of hydrogen-bond donors (Lipinski definition) is 2. The van der Waals surface area contributed by atoms with Gasteiger partial charge in [-0.1, -0.05) is 39.3 Å². The first kappa shape index (κ1) is 31.0. The monoisotopic (exact) mass is 563 g/mol. The number of aliphatic hydroxyl groups excluding tert-OH is 2. The number of thiazole rings is 1. The van der Waals surface area contributed by atoms with Gasteiger partial charge in [0, 0.05) is 24.1 Å². The third-order valence-corrected chi connectivity index (χ3v) is 8.64. The lowest BCUT2D eigenvalue weighted by molar-refractivity contribution is -0.154. The minimum atomic E-state index is -1.31. The summed E-state index contributed by atoms with van der Waals surface area (Å²) in [5.41, 5.74) is 1.15. The number of nitrogens with zero attached hydrogens (tertiary/aromatic N) is 1. The molecule has 10 heteroatoms. The first-order valence-electron chi connectivity index (χ1n) is 13.4. The molecule has 2 N–H and O–H groups in total. The zero-order valence-electron chi connectivity index (χ0n) is 23.8. The van der Waals surface area contributed by atoms with E-state index < -0.39 is 59.9 Å². The zero-order chi connectivity index (χ0) is 29.1. The maximum absolute atomic E-state index is 13.4. The van der Waals surface area contributed by atoms with E-state index in [-0.39, 0.29) is 12.2 Å². The fourth-order valence-corrected chi connectivity index (χ4v) is 5.70. The van der Waals surface area contributed by atoms with Gasteiger partial charge < -0.3 is 24.4 Å². The van der Waals surface area contributed by atoms with Crippen LogP contribution in [0.1, 0.15) is 77.9 Å². The SMILES string of the molecule is CC1=CC[C@@H](C(C)=Cc2csc(C)n2)OC(=O)C[C@H](O)C(C)(C)C(=O)[C@H](C)[C@@H](O)[C@@H](C)CC2OC(=O)OC2C1. The summed E-state index contributed by atoms with van der Waals surface area (Å²) in [4.78, 5) is 42.8. The standard InChI is InChI=1S/C29H41NO8S/c1-15-8-9-21(16(2)11-20-14-39-19(5)30-20)36-25(32)13-24(31)29(6,7)27(34)18(4)26(33)17(3)12-23-22(10-15)37-28(35)38-23/h8,11,14,17-18,21-24,26,31,33H,9-10,12-13H2,1-7H3/t17-,18+,21-,22?,23?,24-,26-/m0/s1. The van der Waals surface area contributed by atoms with E-state index in [1.54, 1.807) is 27.7 Å². The lowest BCUT2D eigenvalue weighted by Gasteiger charge is -2.34. The fraction of sp³-hybridized carbons (Fsp3) is 0.655. The van der Waals surface area contributed by atoms with Crippen LogP contribution in [0.25, 0.3) is 6.08 Å². The highest BCUT2D eigenvalue weighted by atomic mass is 32.1. The lowest BCUT2D eigenvalue weighted by Crippen LogP contribution is -2.46. The van der Waals surface area contributed by atoms with Crippen LogP contribution in [0.5, 0.6) is 0 Å². The molecule has 1 saturated heterocycles. The van der Waals surface area contributed by atoms with Gasteiger partial charge in [-0.05, 0) is 44.8 Å². The maximum atomic E-state index is 13.4. The molecule has 0 saturated carbocycles. The Morgan fingerprint density at radius 1 is 1.08 bits per heavy atom. The smallest absolute Gasteiger partial charge is 0.457 e. The third-order valence-electron chi connectivity index (χ3n) is 7.85. The number of hydrogen-bond acceptors (Lipinski definition) is 10. The number of carbonyl (C=O) groups is 3. The topological polar surface area (TPSA) is 132 Å². The lowest BCUT2D eigenvalue weighted by atomic mass is 9.73. The Labute approximate surface area is 234 Å². The number of aromatic nitrogens is 1. The molecule has 2 unspecified atom stereocenters. The molecular weight excluding hydrogens is 522 g/mol. The van der Waals surface area contributed by atoms with Crippen molar-refractivity contribution in [3.05, 3.63) is 33.3 Å².